The molecule has 1 unspecified atom stereocenters. The number of fused-ring (bicyclic) bond motifs is 1. The van der Waals surface area contributed by atoms with E-state index in [9.17, 15) is 4.79 Å². The highest BCUT2D eigenvalue weighted by molar-refractivity contribution is 6.06. The van der Waals surface area contributed by atoms with Gasteiger partial charge in [-0.15, -0.1) is 0 Å². The molecule has 1 saturated heterocycles. The molecular weight excluding hydrogens is 362 g/mol. The van der Waals surface area contributed by atoms with Crippen LogP contribution in [0.5, 0.6) is 0 Å². The van der Waals surface area contributed by atoms with Crippen LogP contribution in [0.25, 0.3) is 11.0 Å². The van der Waals surface area contributed by atoms with Crippen molar-refractivity contribution in [3.05, 3.63) is 23.0 Å². The van der Waals surface area contributed by atoms with Crippen molar-refractivity contribution < 1.29 is 4.79 Å². The van der Waals surface area contributed by atoms with E-state index in [1.165, 1.54) is 12.8 Å². The van der Waals surface area contributed by atoms with E-state index in [2.05, 4.69) is 45.7 Å². The topological polar surface area (TPSA) is 54.3 Å². The van der Waals surface area contributed by atoms with Gasteiger partial charge in [0, 0.05) is 31.2 Å². The van der Waals surface area contributed by atoms with Gasteiger partial charge < -0.3 is 9.80 Å². The number of rotatable bonds is 5. The summed E-state index contributed by atoms with van der Waals surface area (Å²) in [6.45, 7) is 14.4. The van der Waals surface area contributed by atoms with E-state index >= 15 is 0 Å². The molecule has 6 nitrogen and oxygen atoms in total. The SMILES string of the molecule is CCN(C)CC1CCN(C(=O)c2cc(C3CC3)nc3c2c(C)nn3C(C)(C)C)C1. The van der Waals surface area contributed by atoms with Gasteiger partial charge in [0.25, 0.3) is 5.91 Å². The summed E-state index contributed by atoms with van der Waals surface area (Å²) < 4.78 is 2.00. The monoisotopic (exact) mass is 397 g/mol. The zero-order valence-electron chi connectivity index (χ0n) is 18.8. The van der Waals surface area contributed by atoms with Crippen LogP contribution in [0.1, 0.15) is 74.6 Å². The van der Waals surface area contributed by atoms with E-state index in [-0.39, 0.29) is 11.4 Å². The fraction of sp³-hybridized carbons (Fsp3) is 0.696. The van der Waals surface area contributed by atoms with Gasteiger partial charge in [-0.25, -0.2) is 9.67 Å². The third-order valence-corrected chi connectivity index (χ3v) is 6.38. The molecule has 3 heterocycles. The number of aryl methyl sites for hydroxylation is 1. The van der Waals surface area contributed by atoms with Gasteiger partial charge >= 0.3 is 0 Å². The van der Waals surface area contributed by atoms with Crippen LogP contribution in [0.3, 0.4) is 0 Å². The Morgan fingerprint density at radius 2 is 2.00 bits per heavy atom. The summed E-state index contributed by atoms with van der Waals surface area (Å²) >= 11 is 0. The van der Waals surface area contributed by atoms with E-state index in [0.29, 0.717) is 11.8 Å². The third kappa shape index (κ3) is 3.91. The van der Waals surface area contributed by atoms with Crippen molar-refractivity contribution in [2.75, 3.05) is 33.2 Å². The van der Waals surface area contributed by atoms with E-state index in [1.807, 2.05) is 16.5 Å². The van der Waals surface area contributed by atoms with Gasteiger partial charge in [0.1, 0.15) is 0 Å². The quantitative estimate of drug-likeness (QED) is 0.770. The lowest BCUT2D eigenvalue weighted by Gasteiger charge is -2.22. The maximum Gasteiger partial charge on any atom is 0.254 e. The summed E-state index contributed by atoms with van der Waals surface area (Å²) in [6, 6.07) is 2.06. The maximum atomic E-state index is 13.6. The third-order valence-electron chi connectivity index (χ3n) is 6.38. The number of pyridine rings is 1. The minimum atomic E-state index is -0.175. The highest BCUT2D eigenvalue weighted by Crippen LogP contribution is 2.41. The second-order valence-electron chi connectivity index (χ2n) is 10.00. The van der Waals surface area contributed by atoms with Crippen LogP contribution in [-0.4, -0.2) is 63.7 Å². The molecule has 1 aliphatic heterocycles. The first-order chi connectivity index (χ1) is 13.7. The Morgan fingerprint density at radius 1 is 1.28 bits per heavy atom. The Labute approximate surface area is 174 Å². The lowest BCUT2D eigenvalue weighted by Crippen LogP contribution is -2.32. The molecule has 4 rings (SSSR count). The molecule has 2 aromatic rings. The second-order valence-corrected chi connectivity index (χ2v) is 10.00. The highest BCUT2D eigenvalue weighted by atomic mass is 16.2. The van der Waals surface area contributed by atoms with E-state index in [0.717, 1.165) is 60.6 Å². The first-order valence-corrected chi connectivity index (χ1v) is 11.1. The highest BCUT2D eigenvalue weighted by Gasteiger charge is 2.33. The number of likely N-dealkylation sites (tertiary alicyclic amines) is 1. The molecule has 0 spiro atoms. The molecule has 2 fully saturated rings. The predicted molar refractivity (Wildman–Crippen MR) is 116 cm³/mol. The fourth-order valence-corrected chi connectivity index (χ4v) is 4.44. The van der Waals surface area contributed by atoms with Crippen molar-refractivity contribution >= 4 is 16.9 Å². The number of hydrogen-bond donors (Lipinski definition) is 0. The molecule has 0 radical (unpaired) electrons. The molecule has 2 aromatic heterocycles. The van der Waals surface area contributed by atoms with Crippen LogP contribution in [0.4, 0.5) is 0 Å². The Kier molecular flexibility index (Phi) is 5.18. The molecule has 29 heavy (non-hydrogen) atoms. The van der Waals surface area contributed by atoms with Gasteiger partial charge in [-0.05, 0) is 72.5 Å². The van der Waals surface area contributed by atoms with Gasteiger partial charge in [0.2, 0.25) is 0 Å². The first kappa shape index (κ1) is 20.3. The Hall–Kier alpha value is -1.95. The Morgan fingerprint density at radius 3 is 2.62 bits per heavy atom. The number of nitrogens with zero attached hydrogens (tertiary/aromatic N) is 5. The fourth-order valence-electron chi connectivity index (χ4n) is 4.44. The molecule has 1 saturated carbocycles. The minimum Gasteiger partial charge on any atom is -0.338 e. The van der Waals surface area contributed by atoms with E-state index < -0.39 is 0 Å². The molecule has 0 N–H and O–H groups in total. The van der Waals surface area contributed by atoms with Crippen LogP contribution in [0.2, 0.25) is 0 Å². The van der Waals surface area contributed by atoms with Gasteiger partial charge in [-0.3, -0.25) is 4.79 Å². The standard InChI is InChI=1S/C23H35N5O/c1-7-26(6)13-16-10-11-27(14-16)22(29)18-12-19(17-8-9-17)24-21-20(18)15(2)25-28(21)23(3,4)5/h12,16-17H,7-11,13-14H2,1-6H3. The molecule has 158 valence electrons. The number of hydrogen-bond acceptors (Lipinski definition) is 4. The first-order valence-electron chi connectivity index (χ1n) is 11.1. The molecule has 6 heteroatoms. The smallest absolute Gasteiger partial charge is 0.254 e. The van der Waals surface area contributed by atoms with Gasteiger partial charge in [-0.1, -0.05) is 6.92 Å². The lowest BCUT2D eigenvalue weighted by atomic mass is 10.1. The lowest BCUT2D eigenvalue weighted by molar-refractivity contribution is 0.0786. The summed E-state index contributed by atoms with van der Waals surface area (Å²) in [4.78, 5) is 23.0. The van der Waals surface area contributed by atoms with Crippen LogP contribution in [0, 0.1) is 12.8 Å². The summed E-state index contributed by atoms with van der Waals surface area (Å²) in [6.07, 6.45) is 3.42. The summed E-state index contributed by atoms with van der Waals surface area (Å²) in [7, 11) is 2.16. The Balaban J connectivity index is 1.71. The van der Waals surface area contributed by atoms with E-state index in [1.54, 1.807) is 0 Å². The molecule has 1 aliphatic carbocycles. The number of amides is 1. The van der Waals surface area contributed by atoms with Gasteiger partial charge in [0.05, 0.1) is 22.2 Å². The van der Waals surface area contributed by atoms with Crippen molar-refractivity contribution in [2.24, 2.45) is 5.92 Å². The Bertz CT molecular complexity index is 921. The van der Waals surface area contributed by atoms with Crippen molar-refractivity contribution in [2.45, 2.75) is 65.3 Å². The van der Waals surface area contributed by atoms with Crippen LogP contribution in [0.15, 0.2) is 6.07 Å². The summed E-state index contributed by atoms with van der Waals surface area (Å²) in [5, 5.41) is 5.73. The molecular formula is C23H35N5O. The largest absolute Gasteiger partial charge is 0.338 e. The number of aromatic nitrogens is 3. The molecule has 0 bridgehead atoms. The molecule has 0 aromatic carbocycles. The minimum absolute atomic E-state index is 0.150. The zero-order chi connectivity index (χ0) is 20.9. The molecule has 1 atom stereocenters. The predicted octanol–water partition coefficient (Wildman–Crippen LogP) is 3.79. The van der Waals surface area contributed by atoms with Crippen molar-refractivity contribution in [3.63, 3.8) is 0 Å². The summed E-state index contributed by atoms with van der Waals surface area (Å²) in [5.74, 6) is 1.21. The summed E-state index contributed by atoms with van der Waals surface area (Å²) in [5.41, 5.74) is 3.45. The average Bonchev–Trinajstić information content (AvgIpc) is 3.33. The number of carbonyl (C=O) groups is 1. The van der Waals surface area contributed by atoms with Crippen molar-refractivity contribution in [3.8, 4) is 0 Å². The van der Waals surface area contributed by atoms with Crippen molar-refractivity contribution in [1.29, 1.82) is 0 Å². The zero-order valence-corrected chi connectivity index (χ0v) is 18.8. The number of carbonyl (C=O) groups excluding carboxylic acids is 1. The van der Waals surface area contributed by atoms with Gasteiger partial charge in [-0.2, -0.15) is 5.10 Å². The van der Waals surface area contributed by atoms with Crippen molar-refractivity contribution in [1.82, 2.24) is 24.6 Å². The van der Waals surface area contributed by atoms with E-state index in [4.69, 9.17) is 10.1 Å². The van der Waals surface area contributed by atoms with Crippen LogP contribution < -0.4 is 0 Å². The maximum absolute atomic E-state index is 13.6. The molecule has 1 amide bonds. The molecule has 2 aliphatic rings. The van der Waals surface area contributed by atoms with Crippen LogP contribution in [-0.2, 0) is 5.54 Å². The average molecular weight is 398 g/mol. The van der Waals surface area contributed by atoms with Gasteiger partial charge in [0.15, 0.2) is 5.65 Å². The normalized spacial score (nSPS) is 20.2. The van der Waals surface area contributed by atoms with Crippen LogP contribution >= 0.6 is 0 Å². The second kappa shape index (κ2) is 7.38.